The van der Waals surface area contributed by atoms with Crippen molar-refractivity contribution in [2.24, 2.45) is 0 Å². The van der Waals surface area contributed by atoms with E-state index in [0.29, 0.717) is 11.2 Å². The van der Waals surface area contributed by atoms with E-state index in [1.807, 2.05) is 33.8 Å². The van der Waals surface area contributed by atoms with Gasteiger partial charge in [-0.15, -0.1) is 0 Å². The van der Waals surface area contributed by atoms with E-state index in [1.54, 1.807) is 6.20 Å². The molecular weight excluding hydrogens is 318 g/mol. The molecule has 0 N–H and O–H groups in total. The van der Waals surface area contributed by atoms with Gasteiger partial charge in [0.25, 0.3) is 0 Å². The molecule has 25 heavy (non-hydrogen) atoms. The van der Waals surface area contributed by atoms with Crippen LogP contribution >= 0.6 is 0 Å². The van der Waals surface area contributed by atoms with Crippen LogP contribution < -0.4 is 0 Å². The Hall–Kier alpha value is -1.79. The lowest BCUT2D eigenvalue weighted by molar-refractivity contribution is 0.00578. The number of aryl methyl sites for hydroxylation is 2. The van der Waals surface area contributed by atoms with Crippen molar-refractivity contribution in [2.45, 2.75) is 58.2 Å². The van der Waals surface area contributed by atoms with Crippen LogP contribution in [0.4, 0.5) is 4.39 Å². The molecule has 2 aromatic rings. The number of aromatic nitrogens is 2. The fraction of sp³-hybridized carbons (Fsp3) is 0.474. The summed E-state index contributed by atoms with van der Waals surface area (Å²) in [7, 11) is -0.987. The number of pyridine rings is 2. The fourth-order valence-electron chi connectivity index (χ4n) is 3.30. The minimum Gasteiger partial charge on any atom is -0.398 e. The van der Waals surface area contributed by atoms with Crippen molar-refractivity contribution in [3.63, 3.8) is 0 Å². The number of halogens is 1. The van der Waals surface area contributed by atoms with Crippen molar-refractivity contribution in [1.29, 1.82) is 0 Å². The average Bonchev–Trinajstić information content (AvgIpc) is 3.06. The lowest BCUT2D eigenvalue weighted by atomic mass is 9.87. The first kappa shape index (κ1) is 16.7. The standard InChI is InChI=1S/C19H22BFN2O2/c1-18(2)19(3,4)25-20(24-18)16(21)9-12-8-14-10-13-6-5-7-15(13)23-17(14)22-11-12/h8-11H,5-7H2,1-4H3. The van der Waals surface area contributed by atoms with Crippen molar-refractivity contribution in [1.82, 2.24) is 9.97 Å². The van der Waals surface area contributed by atoms with Gasteiger partial charge in [0.15, 0.2) is 5.65 Å². The second-order valence-corrected chi connectivity index (χ2v) is 7.88. The predicted molar refractivity (Wildman–Crippen MR) is 96.7 cm³/mol. The van der Waals surface area contributed by atoms with E-state index < -0.39 is 24.0 Å². The molecule has 0 atom stereocenters. The minimum atomic E-state index is -0.987. The largest absolute Gasteiger partial charge is 0.525 e. The molecule has 1 aliphatic heterocycles. The van der Waals surface area contributed by atoms with Gasteiger partial charge in [-0.3, -0.25) is 0 Å². The van der Waals surface area contributed by atoms with Crippen LogP contribution in [0.15, 0.2) is 24.1 Å². The van der Waals surface area contributed by atoms with Gasteiger partial charge in [-0.2, -0.15) is 0 Å². The number of rotatable bonds is 2. The second kappa shape index (κ2) is 5.61. The van der Waals surface area contributed by atoms with Crippen molar-refractivity contribution >= 4 is 24.2 Å². The summed E-state index contributed by atoms with van der Waals surface area (Å²) < 4.78 is 26.2. The molecule has 130 valence electrons. The Morgan fingerprint density at radius 3 is 2.60 bits per heavy atom. The Morgan fingerprint density at radius 2 is 1.88 bits per heavy atom. The molecule has 4 nitrogen and oxygen atoms in total. The van der Waals surface area contributed by atoms with Gasteiger partial charge in [0.05, 0.1) is 11.2 Å². The highest BCUT2D eigenvalue weighted by Crippen LogP contribution is 2.39. The highest BCUT2D eigenvalue weighted by molar-refractivity contribution is 6.54. The van der Waals surface area contributed by atoms with E-state index in [-0.39, 0.29) is 0 Å². The van der Waals surface area contributed by atoms with Crippen LogP contribution in [0.3, 0.4) is 0 Å². The number of fused-ring (bicyclic) bond motifs is 2. The lowest BCUT2D eigenvalue weighted by Crippen LogP contribution is -2.41. The van der Waals surface area contributed by atoms with Crippen LogP contribution in [-0.4, -0.2) is 28.3 Å². The van der Waals surface area contributed by atoms with Crippen LogP contribution in [-0.2, 0) is 22.2 Å². The summed E-state index contributed by atoms with van der Waals surface area (Å²) in [6.07, 6.45) is 6.29. The third kappa shape index (κ3) is 2.87. The lowest BCUT2D eigenvalue weighted by Gasteiger charge is -2.32. The van der Waals surface area contributed by atoms with Gasteiger partial charge in [-0.25, -0.2) is 14.4 Å². The van der Waals surface area contributed by atoms with Crippen LogP contribution in [0.5, 0.6) is 0 Å². The number of hydrogen-bond acceptors (Lipinski definition) is 4. The van der Waals surface area contributed by atoms with Crippen molar-refractivity contribution in [2.75, 3.05) is 0 Å². The van der Waals surface area contributed by atoms with Gasteiger partial charge in [-0.05, 0) is 76.3 Å². The van der Waals surface area contributed by atoms with Gasteiger partial charge >= 0.3 is 7.12 Å². The highest BCUT2D eigenvalue weighted by Gasteiger charge is 2.53. The third-order valence-corrected chi connectivity index (χ3v) is 5.50. The maximum atomic E-state index is 14.7. The molecule has 1 fully saturated rings. The quantitative estimate of drug-likeness (QED) is 0.774. The normalized spacial score (nSPS) is 21.8. The minimum absolute atomic E-state index is 0.450. The molecule has 0 bridgehead atoms. The molecule has 3 heterocycles. The molecule has 0 unspecified atom stereocenters. The Bertz CT molecular complexity index is 863. The van der Waals surface area contributed by atoms with Gasteiger partial charge in [0.1, 0.15) is 5.73 Å². The van der Waals surface area contributed by atoms with E-state index in [0.717, 1.165) is 30.3 Å². The average molecular weight is 340 g/mol. The second-order valence-electron chi connectivity index (χ2n) is 7.88. The zero-order valence-corrected chi connectivity index (χ0v) is 15.1. The summed E-state index contributed by atoms with van der Waals surface area (Å²) in [5.41, 5.74) is 2.25. The zero-order valence-electron chi connectivity index (χ0n) is 15.1. The molecule has 0 radical (unpaired) electrons. The summed E-state index contributed by atoms with van der Waals surface area (Å²) in [5, 5.41) is 0.941. The summed E-state index contributed by atoms with van der Waals surface area (Å²) >= 11 is 0. The van der Waals surface area contributed by atoms with Gasteiger partial charge in [0.2, 0.25) is 0 Å². The predicted octanol–water partition coefficient (Wildman–Crippen LogP) is 4.06. The first-order chi connectivity index (χ1) is 11.7. The van der Waals surface area contributed by atoms with Crippen LogP contribution in [0.1, 0.15) is 50.9 Å². The molecule has 2 aromatic heterocycles. The van der Waals surface area contributed by atoms with Crippen molar-refractivity contribution in [3.05, 3.63) is 40.9 Å². The van der Waals surface area contributed by atoms with Gasteiger partial charge in [-0.1, -0.05) is 0 Å². The Labute approximate surface area is 147 Å². The molecule has 1 saturated heterocycles. The molecular formula is C19H22BFN2O2. The van der Waals surface area contributed by atoms with E-state index >= 15 is 0 Å². The molecule has 0 saturated carbocycles. The monoisotopic (exact) mass is 340 g/mol. The summed E-state index contributed by atoms with van der Waals surface area (Å²) in [6, 6.07) is 4.04. The topological polar surface area (TPSA) is 44.2 Å². The molecule has 2 aliphatic rings. The fourth-order valence-corrected chi connectivity index (χ4v) is 3.30. The number of hydrogen-bond donors (Lipinski definition) is 0. The van der Waals surface area contributed by atoms with E-state index in [1.165, 1.54) is 11.6 Å². The van der Waals surface area contributed by atoms with E-state index in [2.05, 4.69) is 16.0 Å². The van der Waals surface area contributed by atoms with Gasteiger partial charge < -0.3 is 9.31 Å². The van der Waals surface area contributed by atoms with E-state index in [4.69, 9.17) is 9.31 Å². The smallest absolute Gasteiger partial charge is 0.398 e. The zero-order chi connectivity index (χ0) is 17.8. The summed E-state index contributed by atoms with van der Waals surface area (Å²) in [6.45, 7) is 7.63. The van der Waals surface area contributed by atoms with Crippen molar-refractivity contribution < 1.29 is 13.7 Å². The van der Waals surface area contributed by atoms with Crippen molar-refractivity contribution in [3.8, 4) is 0 Å². The first-order valence-corrected chi connectivity index (χ1v) is 8.76. The highest BCUT2D eigenvalue weighted by atomic mass is 19.1. The molecule has 6 heteroatoms. The first-order valence-electron chi connectivity index (χ1n) is 8.76. The Balaban J connectivity index is 1.64. The molecule has 4 rings (SSSR count). The molecule has 1 aliphatic carbocycles. The van der Waals surface area contributed by atoms with Gasteiger partial charge in [0, 0.05) is 17.3 Å². The Morgan fingerprint density at radius 1 is 1.16 bits per heavy atom. The molecule has 0 spiro atoms. The summed E-state index contributed by atoms with van der Waals surface area (Å²) in [4.78, 5) is 9.01. The maximum Gasteiger partial charge on any atom is 0.525 e. The molecule has 0 amide bonds. The SMILES string of the molecule is CC1(C)OB(C(F)=Cc2cnc3nc4c(cc3c2)CCC4)OC1(C)C. The molecule has 0 aromatic carbocycles. The van der Waals surface area contributed by atoms with Crippen LogP contribution in [0, 0.1) is 0 Å². The van der Waals surface area contributed by atoms with E-state index in [9.17, 15) is 4.39 Å². The summed E-state index contributed by atoms with van der Waals surface area (Å²) in [5.74, 6) is 0. The van der Waals surface area contributed by atoms with Crippen LogP contribution in [0.25, 0.3) is 17.1 Å². The Kier molecular flexibility index (Phi) is 3.74. The maximum absolute atomic E-state index is 14.7. The van der Waals surface area contributed by atoms with Crippen LogP contribution in [0.2, 0.25) is 0 Å². The number of nitrogens with zero attached hydrogens (tertiary/aromatic N) is 2. The third-order valence-electron chi connectivity index (χ3n) is 5.50.